The molecule has 1 heterocycles. The van der Waals surface area contributed by atoms with Crippen LogP contribution in [0.4, 0.5) is 17.1 Å². The van der Waals surface area contributed by atoms with E-state index in [2.05, 4.69) is 16.3 Å². The van der Waals surface area contributed by atoms with Crippen LogP contribution in [0.15, 0.2) is 91.0 Å². The molecule has 0 radical (unpaired) electrons. The van der Waals surface area contributed by atoms with Gasteiger partial charge in [-0.2, -0.15) is 0 Å². The van der Waals surface area contributed by atoms with Gasteiger partial charge in [-0.15, -0.1) is 0 Å². The van der Waals surface area contributed by atoms with Gasteiger partial charge < -0.3 is 19.7 Å². The zero-order chi connectivity index (χ0) is 27.9. The molecule has 0 fully saturated rings. The third-order valence-corrected chi connectivity index (χ3v) is 6.97. The fraction of sp³-hybridized carbons (Fsp3) is 0.194. The third kappa shape index (κ3) is 6.52. The number of amides is 1. The highest BCUT2D eigenvalue weighted by Crippen LogP contribution is 2.33. The highest BCUT2D eigenvalue weighted by atomic mass is 35.5. The van der Waals surface area contributed by atoms with Crippen LogP contribution in [0.5, 0.6) is 11.5 Å². The minimum Gasteiger partial charge on any atom is -0.490 e. The van der Waals surface area contributed by atoms with E-state index in [0.29, 0.717) is 25.4 Å². The normalized spacial score (nSPS) is 12.4. The first-order valence-electron chi connectivity index (χ1n) is 13.0. The molecule has 8 nitrogen and oxygen atoms in total. The second-order valence-electron chi connectivity index (χ2n) is 9.36. The van der Waals surface area contributed by atoms with E-state index in [1.807, 2.05) is 66.7 Å². The van der Waals surface area contributed by atoms with E-state index in [1.54, 1.807) is 0 Å². The first-order chi connectivity index (χ1) is 19.5. The number of carbonyl (C=O) groups is 1. The standard InChI is InChI=1S/C31H28ClN3O5/c32-28-14-13-25(35(37)38)20-27(28)31(36)33-24-12-15-29-22(19-24)8-6-16-34(29)21-23-7-4-5-11-30(23)40-18-17-39-26-9-2-1-3-10-26/h1-5,7,9-15,19-20H,6,8,16-18,21H2,(H,33,36). The van der Waals surface area contributed by atoms with Crippen molar-refractivity contribution in [2.45, 2.75) is 19.4 Å². The number of para-hydroxylation sites is 2. The maximum absolute atomic E-state index is 12.9. The van der Waals surface area contributed by atoms with Gasteiger partial charge in [0, 0.05) is 42.2 Å². The van der Waals surface area contributed by atoms with Gasteiger partial charge in [0.25, 0.3) is 11.6 Å². The minimum atomic E-state index is -0.553. The van der Waals surface area contributed by atoms with Crippen LogP contribution in [0.3, 0.4) is 0 Å². The SMILES string of the molecule is O=C(Nc1ccc2c(c1)CCCN2Cc1ccccc1OCCOc1ccccc1)c1cc([N+](=O)[O-])ccc1Cl. The number of fused-ring (bicyclic) bond motifs is 1. The number of hydrogen-bond donors (Lipinski definition) is 1. The van der Waals surface area contributed by atoms with Crippen LogP contribution in [0.1, 0.15) is 27.9 Å². The number of carbonyl (C=O) groups excluding carboxylic acids is 1. The molecule has 0 aliphatic carbocycles. The predicted molar refractivity (Wildman–Crippen MR) is 156 cm³/mol. The van der Waals surface area contributed by atoms with E-state index < -0.39 is 10.8 Å². The fourth-order valence-electron chi connectivity index (χ4n) is 4.73. The molecule has 0 aromatic heterocycles. The summed E-state index contributed by atoms with van der Waals surface area (Å²) >= 11 is 6.15. The molecule has 0 bridgehead atoms. The van der Waals surface area contributed by atoms with Crippen molar-refractivity contribution in [2.24, 2.45) is 0 Å². The molecule has 5 rings (SSSR count). The van der Waals surface area contributed by atoms with E-state index in [0.717, 1.165) is 47.7 Å². The van der Waals surface area contributed by atoms with Crippen LogP contribution in [0, 0.1) is 10.1 Å². The molecule has 0 spiro atoms. The van der Waals surface area contributed by atoms with Crippen molar-refractivity contribution in [1.29, 1.82) is 0 Å². The van der Waals surface area contributed by atoms with Crippen molar-refractivity contribution in [2.75, 3.05) is 30.0 Å². The molecule has 40 heavy (non-hydrogen) atoms. The maximum Gasteiger partial charge on any atom is 0.270 e. The van der Waals surface area contributed by atoms with E-state index in [1.165, 1.54) is 18.2 Å². The van der Waals surface area contributed by atoms with Crippen molar-refractivity contribution in [1.82, 2.24) is 0 Å². The quantitative estimate of drug-likeness (QED) is 0.129. The average molecular weight is 558 g/mol. The molecule has 1 amide bonds. The van der Waals surface area contributed by atoms with Crippen LogP contribution < -0.4 is 19.7 Å². The lowest BCUT2D eigenvalue weighted by Crippen LogP contribution is -2.29. The summed E-state index contributed by atoms with van der Waals surface area (Å²) in [6.45, 7) is 2.45. The molecule has 4 aromatic carbocycles. The van der Waals surface area contributed by atoms with Gasteiger partial charge in [0.1, 0.15) is 24.7 Å². The molecule has 0 saturated carbocycles. The van der Waals surface area contributed by atoms with Crippen LogP contribution >= 0.6 is 11.6 Å². The molecule has 4 aromatic rings. The monoisotopic (exact) mass is 557 g/mol. The highest BCUT2D eigenvalue weighted by molar-refractivity contribution is 6.34. The largest absolute Gasteiger partial charge is 0.490 e. The Morgan fingerprint density at radius 3 is 2.55 bits per heavy atom. The van der Waals surface area contributed by atoms with Crippen molar-refractivity contribution < 1.29 is 19.2 Å². The van der Waals surface area contributed by atoms with Crippen LogP contribution in [-0.2, 0) is 13.0 Å². The molecule has 0 atom stereocenters. The van der Waals surface area contributed by atoms with E-state index in [-0.39, 0.29) is 16.3 Å². The van der Waals surface area contributed by atoms with E-state index >= 15 is 0 Å². The first kappa shape index (κ1) is 27.0. The van der Waals surface area contributed by atoms with Crippen molar-refractivity contribution in [3.05, 3.63) is 123 Å². The van der Waals surface area contributed by atoms with Gasteiger partial charge in [0.05, 0.1) is 15.5 Å². The number of nitro benzene ring substituents is 1. The average Bonchev–Trinajstić information content (AvgIpc) is 2.96. The highest BCUT2D eigenvalue weighted by Gasteiger charge is 2.21. The summed E-state index contributed by atoms with van der Waals surface area (Å²) in [5.74, 6) is 1.14. The Kier molecular flexibility index (Phi) is 8.47. The molecular formula is C31H28ClN3O5. The molecule has 9 heteroatoms. The predicted octanol–water partition coefficient (Wildman–Crippen LogP) is 6.91. The number of halogens is 1. The lowest BCUT2D eigenvalue weighted by atomic mass is 10.00. The lowest BCUT2D eigenvalue weighted by Gasteiger charge is -2.32. The summed E-state index contributed by atoms with van der Waals surface area (Å²) < 4.78 is 11.8. The molecule has 1 aliphatic heterocycles. The summed E-state index contributed by atoms with van der Waals surface area (Å²) in [5.41, 5.74) is 3.76. The van der Waals surface area contributed by atoms with Gasteiger partial charge >= 0.3 is 0 Å². The zero-order valence-electron chi connectivity index (χ0n) is 21.7. The van der Waals surface area contributed by atoms with Gasteiger partial charge in [-0.05, 0) is 60.9 Å². The topological polar surface area (TPSA) is 93.9 Å². The van der Waals surface area contributed by atoms with E-state index in [4.69, 9.17) is 21.1 Å². The molecule has 1 N–H and O–H groups in total. The molecular weight excluding hydrogens is 530 g/mol. The fourth-order valence-corrected chi connectivity index (χ4v) is 4.93. The molecule has 204 valence electrons. The lowest BCUT2D eigenvalue weighted by molar-refractivity contribution is -0.384. The van der Waals surface area contributed by atoms with Crippen molar-refractivity contribution >= 4 is 34.6 Å². The second-order valence-corrected chi connectivity index (χ2v) is 9.77. The number of nitrogens with zero attached hydrogens (tertiary/aromatic N) is 2. The Morgan fingerprint density at radius 2 is 1.73 bits per heavy atom. The number of nitro groups is 1. The number of ether oxygens (including phenoxy) is 2. The Bertz CT molecular complexity index is 1510. The van der Waals surface area contributed by atoms with Gasteiger partial charge in [0.2, 0.25) is 0 Å². The summed E-state index contributed by atoms with van der Waals surface area (Å²) in [6, 6.07) is 27.3. The van der Waals surface area contributed by atoms with Crippen molar-refractivity contribution in [3.63, 3.8) is 0 Å². The van der Waals surface area contributed by atoms with Crippen molar-refractivity contribution in [3.8, 4) is 11.5 Å². The Morgan fingerprint density at radius 1 is 0.950 bits per heavy atom. The van der Waals surface area contributed by atoms with Gasteiger partial charge in [-0.1, -0.05) is 48.0 Å². The maximum atomic E-state index is 12.9. The molecule has 1 aliphatic rings. The Labute approximate surface area is 237 Å². The molecule has 0 unspecified atom stereocenters. The van der Waals surface area contributed by atoms with Crippen LogP contribution in [-0.4, -0.2) is 30.6 Å². The van der Waals surface area contributed by atoms with Gasteiger partial charge in [-0.3, -0.25) is 14.9 Å². The molecule has 0 saturated heterocycles. The van der Waals surface area contributed by atoms with E-state index in [9.17, 15) is 14.9 Å². The number of non-ortho nitro benzene ring substituents is 1. The summed E-state index contributed by atoms with van der Waals surface area (Å²) in [7, 11) is 0. The summed E-state index contributed by atoms with van der Waals surface area (Å²) in [4.78, 5) is 25.7. The summed E-state index contributed by atoms with van der Waals surface area (Å²) in [5, 5.41) is 14.1. The summed E-state index contributed by atoms with van der Waals surface area (Å²) in [6.07, 6.45) is 1.84. The smallest absolute Gasteiger partial charge is 0.270 e. The second kappa shape index (κ2) is 12.5. The zero-order valence-corrected chi connectivity index (χ0v) is 22.5. The third-order valence-electron chi connectivity index (χ3n) is 6.64. The Balaban J connectivity index is 1.25. The number of nitrogens with one attached hydrogen (secondary N) is 1. The minimum absolute atomic E-state index is 0.0565. The van der Waals surface area contributed by atoms with Crippen LogP contribution in [0.2, 0.25) is 5.02 Å². The number of anilines is 2. The first-order valence-corrected chi connectivity index (χ1v) is 13.4. The van der Waals surface area contributed by atoms with Crippen LogP contribution in [0.25, 0.3) is 0 Å². The van der Waals surface area contributed by atoms with Gasteiger partial charge in [-0.25, -0.2) is 0 Å². The number of aryl methyl sites for hydroxylation is 1. The van der Waals surface area contributed by atoms with Gasteiger partial charge in [0.15, 0.2) is 0 Å². The number of rotatable bonds is 10. The number of hydrogen-bond acceptors (Lipinski definition) is 6. The number of benzene rings is 4. The Hall–Kier alpha value is -4.56.